The van der Waals surface area contributed by atoms with Crippen LogP contribution in [-0.4, -0.2) is 41.9 Å². The van der Waals surface area contributed by atoms with Gasteiger partial charge in [-0.2, -0.15) is 0 Å². The van der Waals surface area contributed by atoms with E-state index in [1.807, 2.05) is 26.0 Å². The average molecular weight is 444 g/mol. The number of nitrogens with zero attached hydrogens (tertiary/aromatic N) is 1. The van der Waals surface area contributed by atoms with E-state index in [0.29, 0.717) is 5.69 Å². The van der Waals surface area contributed by atoms with Crippen LogP contribution in [0.25, 0.3) is 0 Å². The van der Waals surface area contributed by atoms with Gasteiger partial charge in [0.25, 0.3) is 11.8 Å². The number of rotatable bonds is 6. The minimum atomic E-state index is -0.785. The summed E-state index contributed by atoms with van der Waals surface area (Å²) in [4.78, 5) is 48.9. The number of esters is 1. The molecule has 1 heterocycles. The van der Waals surface area contributed by atoms with Crippen LogP contribution in [0, 0.1) is 19.8 Å². The first-order valence-corrected chi connectivity index (χ1v) is 10.0. The second-order valence-electron chi connectivity index (χ2n) is 7.23. The molecule has 1 fully saturated rings. The van der Waals surface area contributed by atoms with Crippen LogP contribution in [0.2, 0.25) is 5.02 Å². The van der Waals surface area contributed by atoms with Gasteiger partial charge in [0, 0.05) is 12.1 Å². The van der Waals surface area contributed by atoms with Gasteiger partial charge < -0.3 is 10.1 Å². The van der Waals surface area contributed by atoms with Crippen LogP contribution in [0.5, 0.6) is 0 Å². The van der Waals surface area contributed by atoms with Gasteiger partial charge in [0.15, 0.2) is 6.61 Å². The maximum Gasteiger partial charge on any atom is 0.311 e. The lowest BCUT2D eigenvalue weighted by Crippen LogP contribution is -2.43. The standard InChI is InChI=1S/C22H22ClN3O5/c1-13-6-5-9-18(14(13)2)24-19(27)12-31-22(30)15-10-20(28)26(11-15)25-21(29)16-7-3-4-8-17(16)23/h3-9,15H,10-12H2,1-2H3,(H,24,27)(H,25,29)/t15-/m1/s1. The zero-order valence-electron chi connectivity index (χ0n) is 17.1. The molecule has 1 saturated heterocycles. The molecule has 2 aromatic rings. The van der Waals surface area contributed by atoms with E-state index in [2.05, 4.69) is 10.7 Å². The van der Waals surface area contributed by atoms with Crippen molar-refractivity contribution in [2.45, 2.75) is 20.3 Å². The molecule has 1 atom stereocenters. The zero-order chi connectivity index (χ0) is 22.5. The summed E-state index contributed by atoms with van der Waals surface area (Å²) in [6, 6.07) is 11.9. The molecule has 0 radical (unpaired) electrons. The molecule has 8 nitrogen and oxygen atoms in total. The third-order valence-corrected chi connectivity index (χ3v) is 5.37. The predicted octanol–water partition coefficient (Wildman–Crippen LogP) is 2.63. The molecule has 0 spiro atoms. The lowest BCUT2D eigenvalue weighted by atomic mass is 10.1. The number of hydrogen-bond donors (Lipinski definition) is 2. The van der Waals surface area contributed by atoms with E-state index in [1.54, 1.807) is 24.3 Å². The molecule has 2 N–H and O–H groups in total. The smallest absolute Gasteiger partial charge is 0.311 e. The number of benzene rings is 2. The van der Waals surface area contributed by atoms with Gasteiger partial charge in [-0.3, -0.25) is 29.6 Å². The Bertz CT molecular complexity index is 1040. The van der Waals surface area contributed by atoms with Crippen LogP contribution in [0.4, 0.5) is 5.69 Å². The normalized spacial score (nSPS) is 15.5. The van der Waals surface area contributed by atoms with Crippen molar-refractivity contribution in [1.82, 2.24) is 10.4 Å². The molecule has 1 aliphatic heterocycles. The van der Waals surface area contributed by atoms with Crippen molar-refractivity contribution in [2.24, 2.45) is 5.92 Å². The molecule has 162 valence electrons. The second kappa shape index (κ2) is 9.61. The van der Waals surface area contributed by atoms with Crippen molar-refractivity contribution in [2.75, 3.05) is 18.5 Å². The highest BCUT2D eigenvalue weighted by atomic mass is 35.5. The fourth-order valence-corrected chi connectivity index (χ4v) is 3.35. The second-order valence-corrected chi connectivity index (χ2v) is 7.64. The van der Waals surface area contributed by atoms with Gasteiger partial charge in [-0.15, -0.1) is 0 Å². The molecular weight excluding hydrogens is 422 g/mol. The van der Waals surface area contributed by atoms with Gasteiger partial charge in [0.2, 0.25) is 5.91 Å². The highest BCUT2D eigenvalue weighted by Gasteiger charge is 2.37. The van der Waals surface area contributed by atoms with Gasteiger partial charge in [-0.1, -0.05) is 35.9 Å². The fourth-order valence-electron chi connectivity index (χ4n) is 3.13. The molecule has 2 aromatic carbocycles. The molecule has 1 aliphatic rings. The van der Waals surface area contributed by atoms with Crippen LogP contribution in [0.1, 0.15) is 27.9 Å². The van der Waals surface area contributed by atoms with E-state index in [0.717, 1.165) is 16.1 Å². The number of nitrogens with one attached hydrogen (secondary N) is 2. The topological polar surface area (TPSA) is 105 Å². The minimum absolute atomic E-state index is 0.0491. The molecule has 0 unspecified atom stereocenters. The molecule has 0 aromatic heterocycles. The first-order chi connectivity index (χ1) is 14.8. The number of ether oxygens (including phenoxy) is 1. The van der Waals surface area contributed by atoms with Crippen LogP contribution < -0.4 is 10.7 Å². The molecule has 3 rings (SSSR count). The van der Waals surface area contributed by atoms with E-state index in [-0.39, 0.29) is 23.6 Å². The Balaban J connectivity index is 1.51. The Kier molecular flexibility index (Phi) is 6.91. The molecule has 0 saturated carbocycles. The van der Waals surface area contributed by atoms with Crippen molar-refractivity contribution in [1.29, 1.82) is 0 Å². The molecule has 0 bridgehead atoms. The number of hydrogen-bond acceptors (Lipinski definition) is 5. The van der Waals surface area contributed by atoms with Gasteiger partial charge in [-0.05, 0) is 43.2 Å². The molecular formula is C22H22ClN3O5. The number of anilines is 1. The lowest BCUT2D eigenvalue weighted by molar-refractivity contribution is -0.151. The Morgan fingerprint density at radius 2 is 1.87 bits per heavy atom. The Morgan fingerprint density at radius 3 is 2.61 bits per heavy atom. The SMILES string of the molecule is Cc1cccc(NC(=O)COC(=O)[C@@H]2CC(=O)N(NC(=O)c3ccccc3Cl)C2)c1C. The van der Waals surface area contributed by atoms with Crippen molar-refractivity contribution < 1.29 is 23.9 Å². The maximum atomic E-state index is 12.3. The number of amides is 3. The first kappa shape index (κ1) is 22.3. The summed E-state index contributed by atoms with van der Waals surface area (Å²) in [7, 11) is 0. The monoisotopic (exact) mass is 443 g/mol. The largest absolute Gasteiger partial charge is 0.455 e. The van der Waals surface area contributed by atoms with Crippen molar-refractivity contribution in [3.8, 4) is 0 Å². The molecule has 3 amide bonds. The average Bonchev–Trinajstić information content (AvgIpc) is 3.10. The Morgan fingerprint density at radius 1 is 1.13 bits per heavy atom. The Hall–Kier alpha value is -3.39. The molecule has 31 heavy (non-hydrogen) atoms. The number of halogens is 1. The fraction of sp³-hybridized carbons (Fsp3) is 0.273. The van der Waals surface area contributed by atoms with Crippen molar-refractivity contribution in [3.05, 3.63) is 64.2 Å². The van der Waals surface area contributed by atoms with E-state index < -0.39 is 36.2 Å². The number of aryl methyl sites for hydroxylation is 1. The molecule has 0 aliphatic carbocycles. The predicted molar refractivity (Wildman–Crippen MR) is 114 cm³/mol. The van der Waals surface area contributed by atoms with Crippen LogP contribution in [-0.2, 0) is 19.1 Å². The van der Waals surface area contributed by atoms with Crippen LogP contribution in [0.3, 0.4) is 0 Å². The molecule has 9 heteroatoms. The van der Waals surface area contributed by atoms with E-state index in [4.69, 9.17) is 16.3 Å². The van der Waals surface area contributed by atoms with Crippen molar-refractivity contribution in [3.63, 3.8) is 0 Å². The van der Waals surface area contributed by atoms with Crippen LogP contribution >= 0.6 is 11.6 Å². The van der Waals surface area contributed by atoms with Gasteiger partial charge in [-0.25, -0.2) is 0 Å². The zero-order valence-corrected chi connectivity index (χ0v) is 17.9. The summed E-state index contributed by atoms with van der Waals surface area (Å²) >= 11 is 5.99. The summed E-state index contributed by atoms with van der Waals surface area (Å²) < 4.78 is 5.07. The number of hydrazine groups is 1. The van der Waals surface area contributed by atoms with Crippen LogP contribution in [0.15, 0.2) is 42.5 Å². The summed E-state index contributed by atoms with van der Waals surface area (Å²) in [6.45, 7) is 3.29. The van der Waals surface area contributed by atoms with Gasteiger partial charge in [0.05, 0.1) is 23.0 Å². The van der Waals surface area contributed by atoms with E-state index in [9.17, 15) is 19.2 Å². The van der Waals surface area contributed by atoms with E-state index >= 15 is 0 Å². The quantitative estimate of drug-likeness (QED) is 0.668. The minimum Gasteiger partial charge on any atom is -0.455 e. The summed E-state index contributed by atoms with van der Waals surface area (Å²) in [5.74, 6) is -2.93. The van der Waals surface area contributed by atoms with Gasteiger partial charge in [0.1, 0.15) is 0 Å². The maximum absolute atomic E-state index is 12.3. The summed E-state index contributed by atoms with van der Waals surface area (Å²) in [6.07, 6.45) is -0.125. The summed E-state index contributed by atoms with van der Waals surface area (Å²) in [5, 5.41) is 4.01. The Labute approximate surface area is 184 Å². The highest BCUT2D eigenvalue weighted by molar-refractivity contribution is 6.33. The van der Waals surface area contributed by atoms with Gasteiger partial charge >= 0.3 is 5.97 Å². The third kappa shape index (κ3) is 5.40. The number of carbonyl (C=O) groups excluding carboxylic acids is 4. The summed E-state index contributed by atoms with van der Waals surface area (Å²) in [5.41, 5.74) is 5.26. The van der Waals surface area contributed by atoms with Crippen molar-refractivity contribution >= 4 is 41.0 Å². The lowest BCUT2D eigenvalue weighted by Gasteiger charge is -2.18. The third-order valence-electron chi connectivity index (χ3n) is 5.04. The first-order valence-electron chi connectivity index (χ1n) is 9.65. The number of carbonyl (C=O) groups is 4. The van der Waals surface area contributed by atoms with E-state index in [1.165, 1.54) is 6.07 Å². The highest BCUT2D eigenvalue weighted by Crippen LogP contribution is 2.20.